The van der Waals surface area contributed by atoms with Crippen molar-refractivity contribution in [2.75, 3.05) is 0 Å². The Bertz CT molecular complexity index is 256. The maximum absolute atomic E-state index is 12.1. The summed E-state index contributed by atoms with van der Waals surface area (Å²) in [5, 5.41) is 0. The van der Waals surface area contributed by atoms with E-state index in [0.29, 0.717) is 11.7 Å². The van der Waals surface area contributed by atoms with Crippen LogP contribution < -0.4 is 0 Å². The summed E-state index contributed by atoms with van der Waals surface area (Å²) in [5.41, 5.74) is 0.250. The molecule has 0 saturated heterocycles. The molecule has 16 heavy (non-hydrogen) atoms. The summed E-state index contributed by atoms with van der Waals surface area (Å²) in [7, 11) is 0. The van der Waals surface area contributed by atoms with Gasteiger partial charge in [-0.3, -0.25) is 4.79 Å². The lowest BCUT2D eigenvalue weighted by atomic mass is 9.72. The highest BCUT2D eigenvalue weighted by molar-refractivity contribution is 5.84. The number of carbonyl (C=O) groups is 1. The van der Waals surface area contributed by atoms with Gasteiger partial charge in [-0.25, -0.2) is 0 Å². The summed E-state index contributed by atoms with van der Waals surface area (Å²) in [6.45, 7) is 10.5. The largest absolute Gasteiger partial charge is 0.299 e. The van der Waals surface area contributed by atoms with E-state index in [1.807, 2.05) is 6.08 Å². The predicted molar refractivity (Wildman–Crippen MR) is 69.3 cm³/mol. The van der Waals surface area contributed by atoms with Crippen LogP contribution >= 0.6 is 0 Å². The van der Waals surface area contributed by atoms with Gasteiger partial charge < -0.3 is 0 Å². The van der Waals surface area contributed by atoms with Gasteiger partial charge in [0.25, 0.3) is 0 Å². The van der Waals surface area contributed by atoms with Crippen LogP contribution in [0.1, 0.15) is 59.3 Å². The third-order valence-electron chi connectivity index (χ3n) is 4.47. The van der Waals surface area contributed by atoms with Crippen LogP contribution in [0.4, 0.5) is 0 Å². The molecule has 3 atom stereocenters. The molecule has 1 fully saturated rings. The lowest BCUT2D eigenvalue weighted by molar-refractivity contribution is -0.121. The molecule has 3 unspecified atom stereocenters. The molecule has 0 amide bonds. The van der Waals surface area contributed by atoms with Gasteiger partial charge in [-0.1, -0.05) is 46.1 Å². The molecule has 0 aromatic carbocycles. The fourth-order valence-electron chi connectivity index (χ4n) is 3.21. The van der Waals surface area contributed by atoms with Crippen LogP contribution in [-0.2, 0) is 4.79 Å². The second kappa shape index (κ2) is 5.65. The molecule has 0 radical (unpaired) electrons. The second-order valence-electron chi connectivity index (χ2n) is 5.53. The minimum Gasteiger partial charge on any atom is -0.299 e. The van der Waals surface area contributed by atoms with Gasteiger partial charge in [0, 0.05) is 12.3 Å². The van der Waals surface area contributed by atoms with Gasteiger partial charge in [0.1, 0.15) is 5.78 Å². The minimum absolute atomic E-state index is 0.250. The minimum atomic E-state index is 0.250. The molecule has 0 aromatic rings. The summed E-state index contributed by atoms with van der Waals surface area (Å²) < 4.78 is 0. The number of ketones is 1. The third-order valence-corrected chi connectivity index (χ3v) is 4.47. The van der Waals surface area contributed by atoms with E-state index in [1.54, 1.807) is 0 Å². The van der Waals surface area contributed by atoms with Crippen molar-refractivity contribution in [2.24, 2.45) is 17.3 Å². The topological polar surface area (TPSA) is 17.1 Å². The zero-order valence-electron chi connectivity index (χ0n) is 11.1. The first-order valence-corrected chi connectivity index (χ1v) is 6.72. The fraction of sp³-hybridized carbons (Fsp3) is 0.800. The van der Waals surface area contributed by atoms with Crippen molar-refractivity contribution in [3.63, 3.8) is 0 Å². The van der Waals surface area contributed by atoms with Gasteiger partial charge in [-0.05, 0) is 24.2 Å². The van der Waals surface area contributed by atoms with Crippen molar-refractivity contribution >= 4 is 5.78 Å². The van der Waals surface area contributed by atoms with Crippen LogP contribution in [0.2, 0.25) is 0 Å². The molecule has 0 heterocycles. The van der Waals surface area contributed by atoms with E-state index in [9.17, 15) is 4.79 Å². The van der Waals surface area contributed by atoms with E-state index in [0.717, 1.165) is 19.3 Å². The molecule has 1 nitrogen and oxygen atoms in total. The van der Waals surface area contributed by atoms with E-state index in [-0.39, 0.29) is 11.3 Å². The van der Waals surface area contributed by atoms with E-state index in [1.165, 1.54) is 19.3 Å². The number of unbranched alkanes of at least 4 members (excludes halogenated alkanes) is 1. The van der Waals surface area contributed by atoms with Gasteiger partial charge in [-0.15, -0.1) is 6.58 Å². The first-order valence-electron chi connectivity index (χ1n) is 6.72. The number of rotatable bonds is 6. The predicted octanol–water partition coefficient (Wildman–Crippen LogP) is 4.37. The van der Waals surface area contributed by atoms with Crippen LogP contribution in [0.3, 0.4) is 0 Å². The monoisotopic (exact) mass is 222 g/mol. The summed E-state index contributed by atoms with van der Waals surface area (Å²) in [5.74, 6) is 1.32. The molecule has 0 spiro atoms. The van der Waals surface area contributed by atoms with Crippen molar-refractivity contribution in [1.82, 2.24) is 0 Å². The van der Waals surface area contributed by atoms with Crippen molar-refractivity contribution in [3.05, 3.63) is 12.7 Å². The molecule has 1 rings (SSSR count). The van der Waals surface area contributed by atoms with Gasteiger partial charge in [-0.2, -0.15) is 0 Å². The molecule has 1 heteroatoms. The van der Waals surface area contributed by atoms with Crippen LogP contribution in [0.5, 0.6) is 0 Å². The number of hydrogen-bond acceptors (Lipinski definition) is 1. The van der Waals surface area contributed by atoms with E-state index >= 15 is 0 Å². The summed E-state index contributed by atoms with van der Waals surface area (Å²) in [4.78, 5) is 12.1. The standard InChI is InChI=1S/C15H26O/c1-5-8-10-13-12(9-6-2)14(16)11-15(13,4)7-3/h6,12-13H,2,5,7-11H2,1,3-4H3. The van der Waals surface area contributed by atoms with Crippen molar-refractivity contribution in [3.8, 4) is 0 Å². The van der Waals surface area contributed by atoms with Gasteiger partial charge in [0.15, 0.2) is 0 Å². The molecule has 92 valence electrons. The van der Waals surface area contributed by atoms with Crippen molar-refractivity contribution in [2.45, 2.75) is 59.3 Å². The Morgan fingerprint density at radius 3 is 2.69 bits per heavy atom. The Morgan fingerprint density at radius 1 is 1.50 bits per heavy atom. The quantitative estimate of drug-likeness (QED) is 0.610. The van der Waals surface area contributed by atoms with Gasteiger partial charge in [0.2, 0.25) is 0 Å². The van der Waals surface area contributed by atoms with Crippen molar-refractivity contribution in [1.29, 1.82) is 0 Å². The van der Waals surface area contributed by atoms with Crippen molar-refractivity contribution < 1.29 is 4.79 Å². The Morgan fingerprint density at radius 2 is 2.19 bits per heavy atom. The zero-order valence-corrected chi connectivity index (χ0v) is 11.1. The maximum atomic E-state index is 12.1. The van der Waals surface area contributed by atoms with Crippen LogP contribution in [0, 0.1) is 17.3 Å². The van der Waals surface area contributed by atoms with Crippen LogP contribution in [0.25, 0.3) is 0 Å². The third kappa shape index (κ3) is 2.56. The van der Waals surface area contributed by atoms with Gasteiger partial charge >= 0.3 is 0 Å². The highest BCUT2D eigenvalue weighted by atomic mass is 16.1. The first kappa shape index (κ1) is 13.5. The molecule has 1 aliphatic carbocycles. The second-order valence-corrected chi connectivity index (χ2v) is 5.53. The lowest BCUT2D eigenvalue weighted by Gasteiger charge is -2.32. The lowest BCUT2D eigenvalue weighted by Crippen LogP contribution is -2.25. The van der Waals surface area contributed by atoms with E-state index < -0.39 is 0 Å². The average molecular weight is 222 g/mol. The normalized spacial score (nSPS) is 34.3. The number of allylic oxidation sites excluding steroid dienone is 1. The Balaban J connectivity index is 2.81. The summed E-state index contributed by atoms with van der Waals surface area (Å²) in [6, 6.07) is 0. The number of carbonyl (C=O) groups excluding carboxylic acids is 1. The number of hydrogen-bond donors (Lipinski definition) is 0. The molecule has 1 saturated carbocycles. The molecule has 0 aliphatic heterocycles. The van der Waals surface area contributed by atoms with E-state index in [2.05, 4.69) is 27.4 Å². The zero-order chi connectivity index (χ0) is 12.2. The fourth-order valence-corrected chi connectivity index (χ4v) is 3.21. The van der Waals surface area contributed by atoms with Crippen LogP contribution in [0.15, 0.2) is 12.7 Å². The summed E-state index contributed by atoms with van der Waals surface area (Å²) in [6.07, 6.45) is 8.40. The highest BCUT2D eigenvalue weighted by Gasteiger charge is 2.47. The van der Waals surface area contributed by atoms with E-state index in [4.69, 9.17) is 0 Å². The summed E-state index contributed by atoms with van der Waals surface area (Å²) >= 11 is 0. The average Bonchev–Trinajstić information content (AvgIpc) is 2.50. The Hall–Kier alpha value is -0.590. The Labute approximate surface area is 100 Å². The van der Waals surface area contributed by atoms with Gasteiger partial charge in [0.05, 0.1) is 0 Å². The Kier molecular flexibility index (Phi) is 4.76. The molecular formula is C15H26O. The molecule has 0 N–H and O–H groups in total. The molecular weight excluding hydrogens is 196 g/mol. The smallest absolute Gasteiger partial charge is 0.137 e. The maximum Gasteiger partial charge on any atom is 0.137 e. The first-order chi connectivity index (χ1) is 7.59. The highest BCUT2D eigenvalue weighted by Crippen LogP contribution is 2.50. The SMILES string of the molecule is C=CCC1C(=O)CC(C)(CC)C1CCCC. The molecule has 0 bridgehead atoms. The molecule has 0 aromatic heterocycles. The number of Topliss-reactive ketones (excluding diaryl/α,β-unsaturated/α-hetero) is 1. The molecule has 1 aliphatic rings. The van der Waals surface area contributed by atoms with Crippen LogP contribution in [-0.4, -0.2) is 5.78 Å².